The minimum atomic E-state index is 0.541. The summed E-state index contributed by atoms with van der Waals surface area (Å²) in [7, 11) is 0. The Kier molecular flexibility index (Phi) is 3.73. The lowest BCUT2D eigenvalue weighted by Crippen LogP contribution is -2.55. The molecule has 1 saturated carbocycles. The Morgan fingerprint density at radius 2 is 2.09 bits per heavy atom. The molecule has 0 bridgehead atoms. The predicted octanol–water partition coefficient (Wildman–Crippen LogP) is 3.03. The van der Waals surface area contributed by atoms with Gasteiger partial charge >= 0.3 is 0 Å². The van der Waals surface area contributed by atoms with Crippen molar-refractivity contribution in [2.24, 2.45) is 0 Å². The number of aromatic nitrogens is 1. The average Bonchev–Trinajstić information content (AvgIpc) is 2.63. The molecule has 2 fully saturated rings. The van der Waals surface area contributed by atoms with Crippen LogP contribution < -0.4 is 9.64 Å². The molecule has 3 aliphatic rings. The molecule has 0 N–H and O–H groups in total. The van der Waals surface area contributed by atoms with E-state index in [0.29, 0.717) is 12.1 Å². The van der Waals surface area contributed by atoms with Crippen molar-refractivity contribution in [3.8, 4) is 5.75 Å². The van der Waals surface area contributed by atoms with Crippen LogP contribution in [0.25, 0.3) is 0 Å². The normalized spacial score (nSPS) is 26.0. The molecular formula is C18H27N3O. The molecular weight excluding hydrogens is 274 g/mol. The molecule has 1 aromatic heterocycles. The summed E-state index contributed by atoms with van der Waals surface area (Å²) in [5.41, 5.74) is 1.38. The lowest BCUT2D eigenvalue weighted by molar-refractivity contribution is 0.172. The Hall–Kier alpha value is -1.29. The van der Waals surface area contributed by atoms with E-state index >= 15 is 0 Å². The van der Waals surface area contributed by atoms with Gasteiger partial charge in [-0.3, -0.25) is 4.90 Å². The van der Waals surface area contributed by atoms with E-state index in [2.05, 4.69) is 35.9 Å². The Morgan fingerprint density at radius 1 is 1.23 bits per heavy atom. The van der Waals surface area contributed by atoms with E-state index in [1.165, 1.54) is 24.8 Å². The first-order valence-electron chi connectivity index (χ1n) is 8.86. The summed E-state index contributed by atoms with van der Waals surface area (Å²) < 4.78 is 6.07. The summed E-state index contributed by atoms with van der Waals surface area (Å²) in [5, 5.41) is 0. The molecule has 0 radical (unpaired) electrons. The van der Waals surface area contributed by atoms with Gasteiger partial charge < -0.3 is 9.64 Å². The number of hydrogen-bond donors (Lipinski definition) is 0. The fourth-order valence-electron chi connectivity index (χ4n) is 3.92. The number of fused-ring (bicyclic) bond motifs is 3. The van der Waals surface area contributed by atoms with Crippen LogP contribution in [0.2, 0.25) is 0 Å². The summed E-state index contributed by atoms with van der Waals surface area (Å²) in [6.07, 6.45) is 7.19. The molecule has 1 unspecified atom stereocenters. The van der Waals surface area contributed by atoms with Crippen molar-refractivity contribution >= 4 is 5.82 Å². The molecule has 1 aliphatic carbocycles. The first-order valence-corrected chi connectivity index (χ1v) is 8.86. The summed E-state index contributed by atoms with van der Waals surface area (Å²) >= 11 is 0. The second-order valence-electron chi connectivity index (χ2n) is 7.29. The van der Waals surface area contributed by atoms with E-state index in [-0.39, 0.29) is 0 Å². The van der Waals surface area contributed by atoms with Crippen molar-refractivity contribution in [2.75, 3.05) is 31.1 Å². The third-order valence-corrected chi connectivity index (χ3v) is 5.66. The molecule has 4 rings (SSSR count). The highest BCUT2D eigenvalue weighted by molar-refractivity contribution is 5.56. The third-order valence-electron chi connectivity index (χ3n) is 5.66. The van der Waals surface area contributed by atoms with E-state index < -0.39 is 0 Å². The van der Waals surface area contributed by atoms with Gasteiger partial charge in [0.15, 0.2) is 11.6 Å². The fraction of sp³-hybridized carbons (Fsp3) is 0.722. The van der Waals surface area contributed by atoms with E-state index in [1.807, 2.05) is 0 Å². The quantitative estimate of drug-likeness (QED) is 0.839. The second kappa shape index (κ2) is 5.73. The van der Waals surface area contributed by atoms with Crippen LogP contribution in [0.3, 0.4) is 0 Å². The number of rotatable bonds is 2. The molecule has 120 valence electrons. The predicted molar refractivity (Wildman–Crippen MR) is 88.8 cm³/mol. The molecule has 4 heteroatoms. The topological polar surface area (TPSA) is 28.6 Å². The monoisotopic (exact) mass is 301 g/mol. The van der Waals surface area contributed by atoms with Gasteiger partial charge in [0, 0.05) is 44.3 Å². The van der Waals surface area contributed by atoms with Crippen molar-refractivity contribution < 1.29 is 4.74 Å². The third kappa shape index (κ3) is 2.47. The van der Waals surface area contributed by atoms with Crippen LogP contribution >= 0.6 is 0 Å². The van der Waals surface area contributed by atoms with Gasteiger partial charge in [0.2, 0.25) is 0 Å². The molecule has 1 aromatic rings. The molecule has 2 aliphatic heterocycles. The largest absolute Gasteiger partial charge is 0.490 e. The minimum absolute atomic E-state index is 0.541. The zero-order chi connectivity index (χ0) is 15.1. The first kappa shape index (κ1) is 14.3. The number of hydrogen-bond acceptors (Lipinski definition) is 4. The van der Waals surface area contributed by atoms with Crippen molar-refractivity contribution in [1.29, 1.82) is 0 Å². The van der Waals surface area contributed by atoms with Crippen LogP contribution in [-0.4, -0.2) is 48.2 Å². The van der Waals surface area contributed by atoms with Crippen molar-refractivity contribution in [1.82, 2.24) is 9.88 Å². The van der Waals surface area contributed by atoms with Gasteiger partial charge in [0.05, 0.1) is 6.61 Å². The van der Waals surface area contributed by atoms with Gasteiger partial charge in [0.25, 0.3) is 0 Å². The van der Waals surface area contributed by atoms with E-state index in [4.69, 9.17) is 9.72 Å². The Bertz CT molecular complexity index is 541. The Balaban J connectivity index is 1.59. The molecule has 1 atom stereocenters. The Labute approximate surface area is 133 Å². The number of pyridine rings is 1. The highest BCUT2D eigenvalue weighted by Crippen LogP contribution is 2.40. The van der Waals surface area contributed by atoms with Gasteiger partial charge in [-0.25, -0.2) is 4.98 Å². The maximum absolute atomic E-state index is 6.07. The molecule has 22 heavy (non-hydrogen) atoms. The number of nitrogens with zero attached hydrogens (tertiary/aromatic N) is 3. The molecule has 1 saturated heterocycles. The van der Waals surface area contributed by atoms with E-state index in [1.54, 1.807) is 0 Å². The number of piperazine rings is 1. The van der Waals surface area contributed by atoms with Gasteiger partial charge in [-0.15, -0.1) is 0 Å². The van der Waals surface area contributed by atoms with E-state index in [0.717, 1.165) is 50.1 Å². The van der Waals surface area contributed by atoms with Crippen LogP contribution in [0, 0.1) is 0 Å². The van der Waals surface area contributed by atoms with Crippen molar-refractivity contribution in [3.05, 3.63) is 17.8 Å². The maximum atomic E-state index is 6.07. The average molecular weight is 301 g/mol. The molecule has 4 nitrogen and oxygen atoms in total. The SMILES string of the molecule is CC(C)N1CCN2c3ncc(C4CCC4)cc3OCCC2C1. The van der Waals surface area contributed by atoms with Gasteiger partial charge in [-0.05, 0) is 44.2 Å². The van der Waals surface area contributed by atoms with Gasteiger partial charge in [0.1, 0.15) is 0 Å². The number of anilines is 1. The smallest absolute Gasteiger partial charge is 0.171 e. The van der Waals surface area contributed by atoms with Crippen molar-refractivity contribution in [2.45, 2.75) is 57.5 Å². The van der Waals surface area contributed by atoms with Crippen LogP contribution in [0.1, 0.15) is 51.0 Å². The van der Waals surface area contributed by atoms with Gasteiger partial charge in [-0.1, -0.05) is 6.42 Å². The van der Waals surface area contributed by atoms with Gasteiger partial charge in [-0.2, -0.15) is 0 Å². The summed E-state index contributed by atoms with van der Waals surface area (Å²) in [6.45, 7) is 8.72. The zero-order valence-electron chi connectivity index (χ0n) is 13.8. The van der Waals surface area contributed by atoms with Crippen LogP contribution in [0.15, 0.2) is 12.3 Å². The summed E-state index contributed by atoms with van der Waals surface area (Å²) in [4.78, 5) is 9.89. The molecule has 3 heterocycles. The fourth-order valence-corrected chi connectivity index (χ4v) is 3.92. The highest BCUT2D eigenvalue weighted by atomic mass is 16.5. The van der Waals surface area contributed by atoms with Crippen LogP contribution in [-0.2, 0) is 0 Å². The highest BCUT2D eigenvalue weighted by Gasteiger charge is 2.33. The van der Waals surface area contributed by atoms with Crippen LogP contribution in [0.5, 0.6) is 5.75 Å². The van der Waals surface area contributed by atoms with Crippen LogP contribution in [0.4, 0.5) is 5.82 Å². The summed E-state index contributed by atoms with van der Waals surface area (Å²) in [6, 6.07) is 3.43. The van der Waals surface area contributed by atoms with Crippen molar-refractivity contribution in [3.63, 3.8) is 0 Å². The summed E-state index contributed by atoms with van der Waals surface area (Å²) in [5.74, 6) is 2.82. The molecule has 0 aromatic carbocycles. The lowest BCUT2D eigenvalue weighted by Gasteiger charge is -2.42. The minimum Gasteiger partial charge on any atom is -0.490 e. The number of ether oxygens (including phenoxy) is 1. The Morgan fingerprint density at radius 3 is 2.82 bits per heavy atom. The second-order valence-corrected chi connectivity index (χ2v) is 7.29. The maximum Gasteiger partial charge on any atom is 0.171 e. The van der Waals surface area contributed by atoms with E-state index in [9.17, 15) is 0 Å². The standard InChI is InChI=1S/C18H27N3O/c1-13(2)20-7-8-21-16(12-20)6-9-22-17-10-15(11-19-18(17)21)14-4-3-5-14/h10-11,13-14,16H,3-9,12H2,1-2H3. The molecule has 0 spiro atoms. The lowest BCUT2D eigenvalue weighted by atomic mass is 9.81. The first-order chi connectivity index (χ1) is 10.7. The zero-order valence-corrected chi connectivity index (χ0v) is 13.8. The molecule has 0 amide bonds.